The molecule has 0 fully saturated rings. The van der Waals surface area contributed by atoms with Crippen LogP contribution in [0.25, 0.3) is 0 Å². The first-order valence-corrected chi connectivity index (χ1v) is 4.61. The number of likely N-dealkylation sites (N-methyl/N-ethyl adjacent to an activating group) is 1. The summed E-state index contributed by atoms with van der Waals surface area (Å²) in [5.74, 6) is 0.0370. The molecule has 1 aromatic carbocycles. The largest absolute Gasteiger partial charge is 0.389 e. The van der Waals surface area contributed by atoms with Crippen molar-refractivity contribution in [3.05, 3.63) is 35.4 Å². The second kappa shape index (κ2) is 4.88. The van der Waals surface area contributed by atoms with E-state index in [0.29, 0.717) is 12.1 Å². The van der Waals surface area contributed by atoms with Crippen LogP contribution < -0.4 is 5.32 Å². The Bertz CT molecular complexity index is 321. The molecule has 3 nitrogen and oxygen atoms in total. The third kappa shape index (κ3) is 2.65. The first kappa shape index (κ1) is 10.9. The monoisotopic (exact) mass is 193 g/mol. The van der Waals surface area contributed by atoms with E-state index >= 15 is 0 Å². The summed E-state index contributed by atoms with van der Waals surface area (Å²) in [5.41, 5.74) is 1.41. The maximum absolute atomic E-state index is 11.5. The standard InChI is InChI=1S/C11H15NO2/c1-8(13)9-4-3-5-10(6-9)11(14)7-12-2/h3-6,8,12-13H,7H2,1-2H3. The Hall–Kier alpha value is -1.19. The van der Waals surface area contributed by atoms with Gasteiger partial charge in [-0.15, -0.1) is 0 Å². The number of carbonyl (C=O) groups excluding carboxylic acids is 1. The van der Waals surface area contributed by atoms with Crippen LogP contribution >= 0.6 is 0 Å². The van der Waals surface area contributed by atoms with Crippen LogP contribution in [0.5, 0.6) is 0 Å². The first-order chi connectivity index (χ1) is 6.65. The van der Waals surface area contributed by atoms with Crippen LogP contribution in [0.3, 0.4) is 0 Å². The average Bonchev–Trinajstić information content (AvgIpc) is 2.18. The van der Waals surface area contributed by atoms with Crippen molar-refractivity contribution in [2.24, 2.45) is 0 Å². The van der Waals surface area contributed by atoms with Crippen molar-refractivity contribution in [3.8, 4) is 0 Å². The van der Waals surface area contributed by atoms with Crippen LogP contribution in [-0.2, 0) is 0 Å². The fourth-order valence-electron chi connectivity index (χ4n) is 1.23. The Labute approximate surface area is 83.8 Å². The van der Waals surface area contributed by atoms with Gasteiger partial charge in [-0.1, -0.05) is 18.2 Å². The molecule has 0 amide bonds. The van der Waals surface area contributed by atoms with E-state index in [9.17, 15) is 9.90 Å². The molecule has 0 saturated carbocycles. The van der Waals surface area contributed by atoms with E-state index < -0.39 is 6.10 Å². The van der Waals surface area contributed by atoms with Crippen molar-refractivity contribution in [3.63, 3.8) is 0 Å². The molecule has 0 aliphatic carbocycles. The molecule has 1 rings (SSSR count). The van der Waals surface area contributed by atoms with Crippen LogP contribution in [0.15, 0.2) is 24.3 Å². The zero-order chi connectivity index (χ0) is 10.6. The van der Waals surface area contributed by atoms with Crippen molar-refractivity contribution in [1.29, 1.82) is 0 Å². The van der Waals surface area contributed by atoms with Gasteiger partial charge in [-0.2, -0.15) is 0 Å². The third-order valence-corrected chi connectivity index (χ3v) is 2.03. The third-order valence-electron chi connectivity index (χ3n) is 2.03. The van der Waals surface area contributed by atoms with Gasteiger partial charge in [-0.25, -0.2) is 0 Å². The molecule has 1 aromatic rings. The lowest BCUT2D eigenvalue weighted by atomic mass is 10.0. The molecule has 1 unspecified atom stereocenters. The van der Waals surface area contributed by atoms with Crippen molar-refractivity contribution < 1.29 is 9.90 Å². The predicted molar refractivity (Wildman–Crippen MR) is 55.3 cm³/mol. The smallest absolute Gasteiger partial charge is 0.176 e. The zero-order valence-electron chi connectivity index (χ0n) is 8.45. The molecule has 1 atom stereocenters. The number of carbonyl (C=O) groups is 1. The molecule has 0 aliphatic heterocycles. The quantitative estimate of drug-likeness (QED) is 0.705. The lowest BCUT2D eigenvalue weighted by molar-refractivity contribution is 0.0993. The second-order valence-corrected chi connectivity index (χ2v) is 3.25. The van der Waals surface area contributed by atoms with E-state index in [2.05, 4.69) is 5.32 Å². The molecule has 0 spiro atoms. The van der Waals surface area contributed by atoms with Gasteiger partial charge in [-0.05, 0) is 25.6 Å². The van der Waals surface area contributed by atoms with Gasteiger partial charge in [0.2, 0.25) is 0 Å². The highest BCUT2D eigenvalue weighted by atomic mass is 16.3. The maximum Gasteiger partial charge on any atom is 0.176 e. The highest BCUT2D eigenvalue weighted by Crippen LogP contribution is 2.13. The number of hydrogen-bond donors (Lipinski definition) is 2. The van der Waals surface area contributed by atoms with Gasteiger partial charge in [0.15, 0.2) is 5.78 Å². The van der Waals surface area contributed by atoms with Gasteiger partial charge in [0.25, 0.3) is 0 Å². The molecule has 0 aliphatic rings. The number of Topliss-reactive ketones (excluding diaryl/α,β-unsaturated/α-hetero) is 1. The number of aliphatic hydroxyl groups excluding tert-OH is 1. The fraction of sp³-hybridized carbons (Fsp3) is 0.364. The molecule has 0 heterocycles. The van der Waals surface area contributed by atoms with Crippen molar-refractivity contribution in [2.75, 3.05) is 13.6 Å². The Morgan fingerprint density at radius 3 is 2.86 bits per heavy atom. The van der Waals surface area contributed by atoms with E-state index in [1.165, 1.54) is 0 Å². The summed E-state index contributed by atoms with van der Waals surface area (Å²) in [7, 11) is 1.73. The Balaban J connectivity index is 2.88. The van der Waals surface area contributed by atoms with Crippen molar-refractivity contribution in [2.45, 2.75) is 13.0 Å². The summed E-state index contributed by atoms with van der Waals surface area (Å²) in [6.45, 7) is 2.00. The highest BCUT2D eigenvalue weighted by molar-refractivity contribution is 5.97. The Kier molecular flexibility index (Phi) is 3.80. The molecule has 0 bridgehead atoms. The molecule has 0 radical (unpaired) electrons. The second-order valence-electron chi connectivity index (χ2n) is 3.25. The average molecular weight is 193 g/mol. The molecule has 14 heavy (non-hydrogen) atoms. The van der Waals surface area contributed by atoms with Crippen molar-refractivity contribution in [1.82, 2.24) is 5.32 Å². The lowest BCUT2D eigenvalue weighted by Crippen LogP contribution is -2.18. The summed E-state index contributed by atoms with van der Waals surface area (Å²) in [5, 5.41) is 12.1. The van der Waals surface area contributed by atoms with Crippen LogP contribution in [0.4, 0.5) is 0 Å². The maximum atomic E-state index is 11.5. The van der Waals surface area contributed by atoms with Gasteiger partial charge >= 0.3 is 0 Å². The number of rotatable bonds is 4. The predicted octanol–water partition coefficient (Wildman–Crippen LogP) is 1.14. The first-order valence-electron chi connectivity index (χ1n) is 4.61. The number of ketones is 1. The van der Waals surface area contributed by atoms with Crippen LogP contribution in [0, 0.1) is 0 Å². The van der Waals surface area contributed by atoms with Crippen LogP contribution in [-0.4, -0.2) is 24.5 Å². The number of aliphatic hydroxyl groups is 1. The van der Waals surface area contributed by atoms with Crippen LogP contribution in [0.2, 0.25) is 0 Å². The topological polar surface area (TPSA) is 49.3 Å². The fourth-order valence-corrected chi connectivity index (χ4v) is 1.23. The normalized spacial score (nSPS) is 12.5. The minimum Gasteiger partial charge on any atom is -0.389 e. The van der Waals surface area contributed by atoms with Gasteiger partial charge < -0.3 is 10.4 Å². The molecule has 2 N–H and O–H groups in total. The molecular formula is C11H15NO2. The van der Waals surface area contributed by atoms with Gasteiger partial charge in [0.1, 0.15) is 0 Å². The summed E-state index contributed by atoms with van der Waals surface area (Å²) in [4.78, 5) is 11.5. The van der Waals surface area contributed by atoms with E-state index in [-0.39, 0.29) is 5.78 Å². The molecule has 76 valence electrons. The zero-order valence-corrected chi connectivity index (χ0v) is 8.45. The summed E-state index contributed by atoms with van der Waals surface area (Å²) in [6.07, 6.45) is -0.530. The minimum atomic E-state index is -0.530. The number of benzene rings is 1. The summed E-state index contributed by atoms with van der Waals surface area (Å²) >= 11 is 0. The van der Waals surface area contributed by atoms with Crippen LogP contribution in [0.1, 0.15) is 28.9 Å². The van der Waals surface area contributed by atoms with E-state index in [1.807, 2.05) is 0 Å². The molecule has 0 aromatic heterocycles. The van der Waals surface area contributed by atoms with E-state index in [4.69, 9.17) is 0 Å². The minimum absolute atomic E-state index is 0.0370. The SMILES string of the molecule is CNCC(=O)c1cccc(C(C)O)c1. The Morgan fingerprint density at radius 2 is 2.29 bits per heavy atom. The molecular weight excluding hydrogens is 178 g/mol. The summed E-state index contributed by atoms with van der Waals surface area (Å²) in [6, 6.07) is 7.07. The lowest BCUT2D eigenvalue weighted by Gasteiger charge is -2.06. The van der Waals surface area contributed by atoms with E-state index in [1.54, 1.807) is 38.2 Å². The van der Waals surface area contributed by atoms with Crippen molar-refractivity contribution >= 4 is 5.78 Å². The number of nitrogens with one attached hydrogen (secondary N) is 1. The highest BCUT2D eigenvalue weighted by Gasteiger charge is 2.06. The summed E-state index contributed by atoms with van der Waals surface area (Å²) < 4.78 is 0. The van der Waals surface area contributed by atoms with Gasteiger partial charge in [-0.3, -0.25) is 4.79 Å². The number of hydrogen-bond acceptors (Lipinski definition) is 3. The Morgan fingerprint density at radius 1 is 1.57 bits per heavy atom. The molecule has 3 heteroatoms. The molecule has 0 saturated heterocycles. The van der Waals surface area contributed by atoms with E-state index in [0.717, 1.165) is 5.56 Å². The van der Waals surface area contributed by atoms with Gasteiger partial charge in [0.05, 0.1) is 12.6 Å². The van der Waals surface area contributed by atoms with Gasteiger partial charge in [0, 0.05) is 5.56 Å².